The molecule has 31 heavy (non-hydrogen) atoms. The molecule has 0 unspecified atom stereocenters. The zero-order valence-corrected chi connectivity index (χ0v) is 17.8. The number of aromatic nitrogens is 4. The summed E-state index contributed by atoms with van der Waals surface area (Å²) in [5.74, 6) is 0. The fourth-order valence-corrected chi connectivity index (χ4v) is 3.77. The van der Waals surface area contributed by atoms with Crippen LogP contribution in [-0.4, -0.2) is 44.7 Å². The van der Waals surface area contributed by atoms with Crippen LogP contribution in [0.4, 0.5) is 11.4 Å². The molecule has 1 fully saturated rings. The molecular formula is C24H29N7. The molecule has 0 saturated carbocycles. The SMILES string of the molecule is C=C(Nc1cn[nH]c1C(=C)Nc1ccc(CCCN2CCCC2)nc1)c1ccncc1. The summed E-state index contributed by atoms with van der Waals surface area (Å²) in [5, 5.41) is 13.7. The summed E-state index contributed by atoms with van der Waals surface area (Å²) < 4.78 is 0. The Bertz CT molecular complexity index is 1000. The van der Waals surface area contributed by atoms with Crippen LogP contribution in [0.3, 0.4) is 0 Å². The highest BCUT2D eigenvalue weighted by atomic mass is 15.2. The van der Waals surface area contributed by atoms with E-state index in [2.05, 4.69) is 54.9 Å². The lowest BCUT2D eigenvalue weighted by Gasteiger charge is -2.14. The first-order valence-electron chi connectivity index (χ1n) is 10.7. The van der Waals surface area contributed by atoms with E-state index in [-0.39, 0.29) is 0 Å². The number of pyridine rings is 2. The van der Waals surface area contributed by atoms with Crippen LogP contribution < -0.4 is 10.6 Å². The van der Waals surface area contributed by atoms with E-state index in [0.29, 0.717) is 5.70 Å². The molecule has 4 heterocycles. The molecule has 4 rings (SSSR count). The summed E-state index contributed by atoms with van der Waals surface area (Å²) in [5.41, 5.74) is 6.00. The Hall–Kier alpha value is -3.45. The van der Waals surface area contributed by atoms with Gasteiger partial charge in [-0.05, 0) is 69.6 Å². The fraction of sp³-hybridized carbons (Fsp3) is 0.292. The second-order valence-electron chi connectivity index (χ2n) is 7.79. The Labute approximate surface area is 183 Å². The number of hydrogen-bond acceptors (Lipinski definition) is 6. The molecule has 0 aromatic carbocycles. The van der Waals surface area contributed by atoms with Crippen LogP contribution in [0.25, 0.3) is 11.4 Å². The van der Waals surface area contributed by atoms with E-state index in [0.717, 1.165) is 46.9 Å². The predicted molar refractivity (Wildman–Crippen MR) is 126 cm³/mol. The van der Waals surface area contributed by atoms with Gasteiger partial charge >= 0.3 is 0 Å². The molecule has 3 N–H and O–H groups in total. The van der Waals surface area contributed by atoms with Crippen LogP contribution in [0.5, 0.6) is 0 Å². The van der Waals surface area contributed by atoms with Gasteiger partial charge in [-0.1, -0.05) is 13.2 Å². The van der Waals surface area contributed by atoms with Crippen molar-refractivity contribution in [2.24, 2.45) is 0 Å². The van der Waals surface area contributed by atoms with Crippen LogP contribution in [0.15, 0.2) is 62.2 Å². The highest BCUT2D eigenvalue weighted by Crippen LogP contribution is 2.25. The average molecular weight is 416 g/mol. The number of H-pyrrole nitrogens is 1. The fourth-order valence-electron chi connectivity index (χ4n) is 3.77. The van der Waals surface area contributed by atoms with Crippen LogP contribution >= 0.6 is 0 Å². The molecule has 0 amide bonds. The average Bonchev–Trinajstić information content (AvgIpc) is 3.48. The third-order valence-corrected chi connectivity index (χ3v) is 5.48. The number of aryl methyl sites for hydroxylation is 1. The molecule has 1 saturated heterocycles. The number of nitrogens with one attached hydrogen (secondary N) is 3. The molecule has 1 aliphatic rings. The Morgan fingerprint density at radius 3 is 2.55 bits per heavy atom. The molecule has 0 bridgehead atoms. The van der Waals surface area contributed by atoms with Crippen molar-refractivity contribution in [2.75, 3.05) is 30.3 Å². The van der Waals surface area contributed by atoms with Crippen LogP contribution in [-0.2, 0) is 6.42 Å². The molecule has 1 aliphatic heterocycles. The van der Waals surface area contributed by atoms with Gasteiger partial charge in [0.15, 0.2) is 0 Å². The van der Waals surface area contributed by atoms with Crippen molar-refractivity contribution in [3.63, 3.8) is 0 Å². The van der Waals surface area contributed by atoms with Gasteiger partial charge in [0.2, 0.25) is 0 Å². The first-order valence-corrected chi connectivity index (χ1v) is 10.7. The third-order valence-electron chi connectivity index (χ3n) is 5.48. The van der Waals surface area contributed by atoms with Gasteiger partial charge in [0.05, 0.1) is 29.5 Å². The minimum atomic E-state index is 0.700. The maximum absolute atomic E-state index is 4.60. The number of anilines is 2. The highest BCUT2D eigenvalue weighted by molar-refractivity contribution is 5.84. The molecule has 160 valence electrons. The zero-order chi connectivity index (χ0) is 21.5. The van der Waals surface area contributed by atoms with Gasteiger partial charge in [-0.15, -0.1) is 0 Å². The largest absolute Gasteiger partial charge is 0.353 e. The quantitative estimate of drug-likeness (QED) is 0.455. The molecule has 0 atom stereocenters. The van der Waals surface area contributed by atoms with Crippen molar-refractivity contribution in [3.8, 4) is 0 Å². The van der Waals surface area contributed by atoms with E-state index >= 15 is 0 Å². The normalized spacial score (nSPS) is 13.8. The maximum Gasteiger partial charge on any atom is 0.104 e. The van der Waals surface area contributed by atoms with Crippen LogP contribution in [0, 0.1) is 0 Å². The van der Waals surface area contributed by atoms with E-state index in [9.17, 15) is 0 Å². The second kappa shape index (κ2) is 10.0. The lowest BCUT2D eigenvalue weighted by Crippen LogP contribution is -2.20. The van der Waals surface area contributed by atoms with Crippen molar-refractivity contribution in [1.29, 1.82) is 0 Å². The maximum atomic E-state index is 4.60. The zero-order valence-electron chi connectivity index (χ0n) is 17.8. The second-order valence-corrected chi connectivity index (χ2v) is 7.79. The van der Waals surface area contributed by atoms with Crippen molar-refractivity contribution in [1.82, 2.24) is 25.1 Å². The first kappa shape index (κ1) is 20.8. The van der Waals surface area contributed by atoms with E-state index in [1.54, 1.807) is 18.6 Å². The number of hydrogen-bond donors (Lipinski definition) is 3. The topological polar surface area (TPSA) is 81.8 Å². The van der Waals surface area contributed by atoms with Gasteiger partial charge in [0.1, 0.15) is 5.69 Å². The van der Waals surface area contributed by atoms with Crippen molar-refractivity contribution < 1.29 is 0 Å². The summed E-state index contributed by atoms with van der Waals surface area (Å²) >= 11 is 0. The highest BCUT2D eigenvalue weighted by Gasteiger charge is 2.12. The Kier molecular flexibility index (Phi) is 6.74. The molecule has 7 nitrogen and oxygen atoms in total. The Balaban J connectivity index is 1.31. The summed E-state index contributed by atoms with van der Waals surface area (Å²) in [4.78, 5) is 11.2. The number of rotatable bonds is 10. The summed E-state index contributed by atoms with van der Waals surface area (Å²) in [6.07, 6.45) is 11.9. The van der Waals surface area contributed by atoms with Crippen molar-refractivity contribution >= 4 is 22.8 Å². The Morgan fingerprint density at radius 1 is 1.00 bits per heavy atom. The molecular weight excluding hydrogens is 386 g/mol. The van der Waals surface area contributed by atoms with Gasteiger partial charge < -0.3 is 15.5 Å². The summed E-state index contributed by atoms with van der Waals surface area (Å²) in [7, 11) is 0. The molecule has 0 spiro atoms. The first-order chi connectivity index (χ1) is 15.2. The lowest BCUT2D eigenvalue weighted by molar-refractivity contribution is 0.333. The number of likely N-dealkylation sites (tertiary alicyclic amines) is 1. The van der Waals surface area contributed by atoms with Gasteiger partial charge in [-0.2, -0.15) is 5.10 Å². The molecule has 0 aliphatic carbocycles. The van der Waals surface area contributed by atoms with E-state index in [4.69, 9.17) is 0 Å². The molecule has 0 radical (unpaired) electrons. The summed E-state index contributed by atoms with van der Waals surface area (Å²) in [6.45, 7) is 11.9. The van der Waals surface area contributed by atoms with Crippen molar-refractivity contribution in [3.05, 3.63) is 79.2 Å². The van der Waals surface area contributed by atoms with Crippen LogP contribution in [0.1, 0.15) is 36.2 Å². The van der Waals surface area contributed by atoms with E-state index in [1.807, 2.05) is 24.4 Å². The standard InChI is InChI=1S/C24H29N7/c1-18(20-9-11-25-12-10-20)29-23-17-27-30-24(23)19(2)28-22-8-7-21(26-16-22)6-5-15-31-13-3-4-14-31/h7-12,16-17,28-29H,1-6,13-15H2,(H,27,30). The van der Waals surface area contributed by atoms with Gasteiger partial charge in [-0.25, -0.2) is 0 Å². The minimum Gasteiger partial charge on any atom is -0.353 e. The molecule has 3 aromatic rings. The summed E-state index contributed by atoms with van der Waals surface area (Å²) in [6, 6.07) is 7.93. The van der Waals surface area contributed by atoms with Gasteiger partial charge in [0, 0.05) is 29.3 Å². The van der Waals surface area contributed by atoms with Gasteiger partial charge in [-0.3, -0.25) is 15.1 Å². The third kappa shape index (κ3) is 5.58. The molecule has 3 aromatic heterocycles. The van der Waals surface area contributed by atoms with Gasteiger partial charge in [0.25, 0.3) is 0 Å². The molecule has 7 heteroatoms. The van der Waals surface area contributed by atoms with Crippen molar-refractivity contribution in [2.45, 2.75) is 25.7 Å². The monoisotopic (exact) mass is 415 g/mol. The minimum absolute atomic E-state index is 0.700. The Morgan fingerprint density at radius 2 is 1.81 bits per heavy atom. The van der Waals surface area contributed by atoms with Crippen LogP contribution in [0.2, 0.25) is 0 Å². The lowest BCUT2D eigenvalue weighted by atomic mass is 10.2. The predicted octanol–water partition coefficient (Wildman–Crippen LogP) is 4.39. The smallest absolute Gasteiger partial charge is 0.104 e. The number of aromatic amines is 1. The van der Waals surface area contributed by atoms with E-state index < -0.39 is 0 Å². The van der Waals surface area contributed by atoms with E-state index in [1.165, 1.54) is 32.5 Å². The number of nitrogens with zero attached hydrogens (tertiary/aromatic N) is 4.